The molecule has 29 heavy (non-hydrogen) atoms. The molecule has 0 atom stereocenters. The van der Waals surface area contributed by atoms with Crippen molar-refractivity contribution in [2.24, 2.45) is 0 Å². The predicted octanol–water partition coefficient (Wildman–Crippen LogP) is 4.28. The number of furan rings is 1. The number of benzene rings is 2. The SMILES string of the molecule is Cc1ncc(C(=O)Nc2ccc(NC(=O)c3ccco3)cc2)n1-c1ccccc1. The minimum Gasteiger partial charge on any atom is -0.459 e. The molecule has 0 saturated heterocycles. The Morgan fingerprint density at radius 3 is 2.14 bits per heavy atom. The number of amides is 2. The summed E-state index contributed by atoms with van der Waals surface area (Å²) in [6.07, 6.45) is 2.99. The molecule has 7 nitrogen and oxygen atoms in total. The molecule has 2 amide bonds. The summed E-state index contributed by atoms with van der Waals surface area (Å²) in [5.74, 6) is 0.333. The van der Waals surface area contributed by atoms with E-state index in [-0.39, 0.29) is 17.6 Å². The third kappa shape index (κ3) is 3.93. The fourth-order valence-corrected chi connectivity index (χ4v) is 2.94. The van der Waals surface area contributed by atoms with Crippen molar-refractivity contribution in [2.75, 3.05) is 10.6 Å². The number of nitrogens with zero attached hydrogens (tertiary/aromatic N) is 2. The minimum atomic E-state index is -0.339. The Labute approximate surface area is 167 Å². The van der Waals surface area contributed by atoms with Crippen molar-refractivity contribution in [3.8, 4) is 5.69 Å². The molecule has 0 unspecified atom stereocenters. The molecule has 0 saturated carbocycles. The molecule has 0 fully saturated rings. The maximum absolute atomic E-state index is 12.8. The summed E-state index contributed by atoms with van der Waals surface area (Å²) in [7, 11) is 0. The lowest BCUT2D eigenvalue weighted by molar-refractivity contribution is 0.0994. The van der Waals surface area contributed by atoms with E-state index in [0.29, 0.717) is 17.1 Å². The fourth-order valence-electron chi connectivity index (χ4n) is 2.94. The largest absolute Gasteiger partial charge is 0.459 e. The normalized spacial score (nSPS) is 10.5. The highest BCUT2D eigenvalue weighted by atomic mass is 16.3. The monoisotopic (exact) mass is 386 g/mol. The number of hydrogen-bond acceptors (Lipinski definition) is 4. The molecule has 2 aromatic carbocycles. The molecule has 4 rings (SSSR count). The number of rotatable bonds is 5. The van der Waals surface area contributed by atoms with Gasteiger partial charge in [0.1, 0.15) is 11.5 Å². The standard InChI is InChI=1S/C22H18N4O3/c1-15-23-14-19(26(15)18-6-3-2-4-7-18)21(27)24-16-9-11-17(12-10-16)25-22(28)20-8-5-13-29-20/h2-14H,1H3,(H,24,27)(H,25,28). The number of hydrogen-bond donors (Lipinski definition) is 2. The molecule has 0 aliphatic heterocycles. The van der Waals surface area contributed by atoms with E-state index in [2.05, 4.69) is 15.6 Å². The first-order valence-electron chi connectivity index (χ1n) is 8.98. The van der Waals surface area contributed by atoms with Crippen molar-refractivity contribution < 1.29 is 14.0 Å². The first kappa shape index (κ1) is 18.2. The third-order valence-electron chi connectivity index (χ3n) is 4.33. The van der Waals surface area contributed by atoms with Gasteiger partial charge in [0, 0.05) is 17.1 Å². The highest BCUT2D eigenvalue weighted by Crippen LogP contribution is 2.18. The molecule has 144 valence electrons. The summed E-state index contributed by atoms with van der Waals surface area (Å²) in [6.45, 7) is 1.85. The van der Waals surface area contributed by atoms with Crippen LogP contribution < -0.4 is 10.6 Å². The topological polar surface area (TPSA) is 89.2 Å². The number of anilines is 2. The van der Waals surface area contributed by atoms with Crippen molar-refractivity contribution >= 4 is 23.2 Å². The molecule has 4 aromatic rings. The van der Waals surface area contributed by atoms with Crippen LogP contribution in [0.3, 0.4) is 0 Å². The number of para-hydroxylation sites is 1. The van der Waals surface area contributed by atoms with Gasteiger partial charge >= 0.3 is 0 Å². The number of carbonyl (C=O) groups is 2. The lowest BCUT2D eigenvalue weighted by Crippen LogP contribution is -2.17. The molecule has 2 aromatic heterocycles. The van der Waals surface area contributed by atoms with Crippen LogP contribution in [0.2, 0.25) is 0 Å². The van der Waals surface area contributed by atoms with Gasteiger partial charge in [0.2, 0.25) is 0 Å². The van der Waals surface area contributed by atoms with E-state index in [1.165, 1.54) is 6.26 Å². The lowest BCUT2D eigenvalue weighted by Gasteiger charge is -2.11. The summed E-state index contributed by atoms with van der Waals surface area (Å²) in [4.78, 5) is 29.1. The highest BCUT2D eigenvalue weighted by molar-refractivity contribution is 6.04. The Bertz CT molecular complexity index is 1130. The zero-order valence-corrected chi connectivity index (χ0v) is 15.6. The van der Waals surface area contributed by atoms with Crippen molar-refractivity contribution in [1.82, 2.24) is 9.55 Å². The molecule has 0 bridgehead atoms. The minimum absolute atomic E-state index is 0.229. The first-order valence-corrected chi connectivity index (χ1v) is 8.98. The van der Waals surface area contributed by atoms with Crippen LogP contribution in [0.5, 0.6) is 0 Å². The molecule has 0 aliphatic carbocycles. The molecule has 7 heteroatoms. The van der Waals surface area contributed by atoms with Crippen LogP contribution in [0.4, 0.5) is 11.4 Å². The first-order chi connectivity index (χ1) is 14.1. The summed E-state index contributed by atoms with van der Waals surface area (Å²) < 4.78 is 6.86. The van der Waals surface area contributed by atoms with E-state index in [1.807, 2.05) is 37.3 Å². The molecule has 0 aliphatic rings. The molecular formula is C22H18N4O3. The highest BCUT2D eigenvalue weighted by Gasteiger charge is 2.16. The van der Waals surface area contributed by atoms with Gasteiger partial charge in [-0.05, 0) is 55.5 Å². The van der Waals surface area contributed by atoms with Crippen LogP contribution in [0.15, 0.2) is 83.6 Å². The van der Waals surface area contributed by atoms with Gasteiger partial charge in [-0.25, -0.2) is 4.98 Å². The summed E-state index contributed by atoms with van der Waals surface area (Å²) in [6, 6.07) is 19.6. The third-order valence-corrected chi connectivity index (χ3v) is 4.33. The van der Waals surface area contributed by atoms with E-state index in [9.17, 15) is 9.59 Å². The second kappa shape index (κ2) is 7.85. The van der Waals surface area contributed by atoms with Gasteiger partial charge in [-0.3, -0.25) is 14.2 Å². The zero-order valence-electron chi connectivity index (χ0n) is 15.6. The smallest absolute Gasteiger partial charge is 0.291 e. The number of nitrogens with one attached hydrogen (secondary N) is 2. The number of aryl methyl sites for hydroxylation is 1. The van der Waals surface area contributed by atoms with Crippen molar-refractivity contribution in [1.29, 1.82) is 0 Å². The van der Waals surface area contributed by atoms with Crippen LogP contribution in [0, 0.1) is 6.92 Å². The van der Waals surface area contributed by atoms with Crippen LogP contribution in [0.25, 0.3) is 5.69 Å². The van der Waals surface area contributed by atoms with Crippen molar-refractivity contribution in [3.63, 3.8) is 0 Å². The summed E-state index contributed by atoms with van der Waals surface area (Å²) in [5.41, 5.74) is 2.49. The Kier molecular flexibility index (Phi) is 4.94. The lowest BCUT2D eigenvalue weighted by atomic mass is 10.2. The molecular weight excluding hydrogens is 368 g/mol. The predicted molar refractivity (Wildman–Crippen MR) is 109 cm³/mol. The van der Waals surface area contributed by atoms with Gasteiger partial charge < -0.3 is 15.1 Å². The molecule has 2 heterocycles. The molecule has 0 radical (unpaired) electrons. The van der Waals surface area contributed by atoms with E-state index in [1.54, 1.807) is 47.2 Å². The van der Waals surface area contributed by atoms with Gasteiger partial charge in [0.25, 0.3) is 11.8 Å². The van der Waals surface area contributed by atoms with Gasteiger partial charge in [-0.1, -0.05) is 18.2 Å². The van der Waals surface area contributed by atoms with Crippen LogP contribution in [-0.4, -0.2) is 21.4 Å². The average molecular weight is 386 g/mol. The second-order valence-electron chi connectivity index (χ2n) is 6.32. The fraction of sp³-hybridized carbons (Fsp3) is 0.0455. The van der Waals surface area contributed by atoms with Gasteiger partial charge in [0.15, 0.2) is 5.76 Å². The van der Waals surface area contributed by atoms with Crippen LogP contribution in [-0.2, 0) is 0 Å². The zero-order chi connectivity index (χ0) is 20.2. The van der Waals surface area contributed by atoms with E-state index >= 15 is 0 Å². The molecule has 2 N–H and O–H groups in total. The Morgan fingerprint density at radius 2 is 1.52 bits per heavy atom. The maximum atomic E-state index is 12.8. The Hall–Kier alpha value is -4.13. The number of imidazole rings is 1. The van der Waals surface area contributed by atoms with E-state index in [0.717, 1.165) is 11.5 Å². The number of aromatic nitrogens is 2. The summed E-state index contributed by atoms with van der Waals surface area (Å²) >= 11 is 0. The quantitative estimate of drug-likeness (QED) is 0.536. The summed E-state index contributed by atoms with van der Waals surface area (Å²) in [5, 5.41) is 5.59. The van der Waals surface area contributed by atoms with Crippen LogP contribution >= 0.6 is 0 Å². The van der Waals surface area contributed by atoms with Crippen molar-refractivity contribution in [2.45, 2.75) is 6.92 Å². The van der Waals surface area contributed by atoms with E-state index in [4.69, 9.17) is 4.42 Å². The average Bonchev–Trinajstić information content (AvgIpc) is 3.40. The maximum Gasteiger partial charge on any atom is 0.291 e. The van der Waals surface area contributed by atoms with Crippen LogP contribution in [0.1, 0.15) is 26.9 Å². The van der Waals surface area contributed by atoms with E-state index < -0.39 is 0 Å². The molecule has 0 spiro atoms. The number of carbonyl (C=O) groups excluding carboxylic acids is 2. The Balaban J connectivity index is 1.48. The van der Waals surface area contributed by atoms with Crippen molar-refractivity contribution in [3.05, 3.63) is 96.5 Å². The Morgan fingerprint density at radius 1 is 0.862 bits per heavy atom. The van der Waals surface area contributed by atoms with Gasteiger partial charge in [-0.15, -0.1) is 0 Å². The second-order valence-corrected chi connectivity index (χ2v) is 6.32. The van der Waals surface area contributed by atoms with Gasteiger partial charge in [-0.2, -0.15) is 0 Å². The van der Waals surface area contributed by atoms with Gasteiger partial charge in [0.05, 0.1) is 12.5 Å².